The molecule has 0 saturated carbocycles. The van der Waals surface area contributed by atoms with E-state index in [1.165, 1.54) is 6.07 Å². The number of fused-ring (bicyclic) bond motifs is 1. The molecular formula is C15H19N3O2. The second-order valence-corrected chi connectivity index (χ2v) is 4.53. The maximum atomic E-state index is 11.9. The molecule has 0 radical (unpaired) electrons. The third-order valence-electron chi connectivity index (χ3n) is 3.07. The summed E-state index contributed by atoms with van der Waals surface area (Å²) in [6, 6.07) is 8.81. The standard InChI is InChI=1S/C15H19N3O2/c1-2-16-8-9-17-15(20)11-18-10-7-14(19)12-5-3-4-6-13(12)18/h3-7,10,16H,2,8-9,11H2,1H3,(H,17,20). The Morgan fingerprint density at radius 1 is 1.20 bits per heavy atom. The van der Waals surface area contributed by atoms with Crippen molar-refractivity contribution < 1.29 is 4.79 Å². The summed E-state index contributed by atoms with van der Waals surface area (Å²) in [6.45, 7) is 4.49. The molecule has 0 aliphatic rings. The van der Waals surface area contributed by atoms with Gasteiger partial charge in [-0.15, -0.1) is 0 Å². The van der Waals surface area contributed by atoms with Gasteiger partial charge in [-0.2, -0.15) is 0 Å². The van der Waals surface area contributed by atoms with Gasteiger partial charge in [0.15, 0.2) is 5.43 Å². The Kier molecular flexibility index (Phi) is 4.90. The minimum atomic E-state index is -0.0586. The van der Waals surface area contributed by atoms with E-state index in [9.17, 15) is 9.59 Å². The second-order valence-electron chi connectivity index (χ2n) is 4.53. The van der Waals surface area contributed by atoms with E-state index in [0.29, 0.717) is 11.9 Å². The number of rotatable bonds is 6. The molecule has 2 rings (SSSR count). The average molecular weight is 273 g/mol. The number of aromatic nitrogens is 1. The molecule has 5 heteroatoms. The second kappa shape index (κ2) is 6.86. The fourth-order valence-electron chi connectivity index (χ4n) is 2.08. The Labute approximate surface area is 117 Å². The summed E-state index contributed by atoms with van der Waals surface area (Å²) in [6.07, 6.45) is 1.66. The molecule has 0 saturated heterocycles. The van der Waals surface area contributed by atoms with Crippen molar-refractivity contribution in [2.45, 2.75) is 13.5 Å². The predicted octanol–water partition coefficient (Wildman–Crippen LogP) is 0.727. The van der Waals surface area contributed by atoms with Crippen LogP contribution in [0.15, 0.2) is 41.3 Å². The van der Waals surface area contributed by atoms with Crippen LogP contribution in [0.4, 0.5) is 0 Å². The highest BCUT2D eigenvalue weighted by Crippen LogP contribution is 2.08. The Hall–Kier alpha value is -2.14. The topological polar surface area (TPSA) is 63.1 Å². The number of hydrogen-bond acceptors (Lipinski definition) is 3. The van der Waals surface area contributed by atoms with E-state index in [1.54, 1.807) is 16.8 Å². The first-order valence-electron chi connectivity index (χ1n) is 6.78. The zero-order chi connectivity index (χ0) is 14.4. The van der Waals surface area contributed by atoms with Crippen LogP contribution in [-0.2, 0) is 11.3 Å². The molecule has 2 aromatic rings. The van der Waals surface area contributed by atoms with Gasteiger partial charge in [-0.3, -0.25) is 9.59 Å². The number of nitrogens with zero attached hydrogens (tertiary/aromatic N) is 1. The van der Waals surface area contributed by atoms with Crippen molar-refractivity contribution in [1.82, 2.24) is 15.2 Å². The van der Waals surface area contributed by atoms with Crippen molar-refractivity contribution in [3.63, 3.8) is 0 Å². The normalized spacial score (nSPS) is 10.7. The molecular weight excluding hydrogens is 254 g/mol. The molecule has 20 heavy (non-hydrogen) atoms. The average Bonchev–Trinajstić information content (AvgIpc) is 2.47. The van der Waals surface area contributed by atoms with Crippen LogP contribution in [0.25, 0.3) is 10.9 Å². The Morgan fingerprint density at radius 2 is 2.00 bits per heavy atom. The van der Waals surface area contributed by atoms with Crippen molar-refractivity contribution in [2.75, 3.05) is 19.6 Å². The van der Waals surface area contributed by atoms with Crippen LogP contribution in [-0.4, -0.2) is 30.1 Å². The maximum absolute atomic E-state index is 11.9. The predicted molar refractivity (Wildman–Crippen MR) is 79.8 cm³/mol. The first-order chi connectivity index (χ1) is 9.72. The van der Waals surface area contributed by atoms with Crippen LogP contribution in [0.2, 0.25) is 0 Å². The summed E-state index contributed by atoms with van der Waals surface area (Å²) in [5, 5.41) is 6.62. The summed E-state index contributed by atoms with van der Waals surface area (Å²) in [5.74, 6) is -0.0586. The molecule has 0 aliphatic carbocycles. The molecule has 1 amide bonds. The molecule has 1 aromatic heterocycles. The van der Waals surface area contributed by atoms with Crippen molar-refractivity contribution in [2.24, 2.45) is 0 Å². The van der Waals surface area contributed by atoms with Gasteiger partial charge in [0.05, 0.1) is 5.52 Å². The van der Waals surface area contributed by atoms with Gasteiger partial charge in [-0.05, 0) is 18.7 Å². The molecule has 0 aliphatic heterocycles. The monoisotopic (exact) mass is 273 g/mol. The van der Waals surface area contributed by atoms with Crippen LogP contribution in [0.1, 0.15) is 6.92 Å². The minimum absolute atomic E-state index is 0.0237. The summed E-state index contributed by atoms with van der Waals surface area (Å²) in [7, 11) is 0. The van der Waals surface area contributed by atoms with Crippen LogP contribution in [0, 0.1) is 0 Å². The molecule has 0 unspecified atom stereocenters. The Balaban J connectivity index is 2.08. The van der Waals surface area contributed by atoms with Gasteiger partial charge in [0.2, 0.25) is 5.91 Å². The van der Waals surface area contributed by atoms with Gasteiger partial charge in [0.25, 0.3) is 0 Å². The molecule has 0 bridgehead atoms. The van der Waals surface area contributed by atoms with Gasteiger partial charge < -0.3 is 15.2 Å². The zero-order valence-corrected chi connectivity index (χ0v) is 11.6. The van der Waals surface area contributed by atoms with Gasteiger partial charge in [0, 0.05) is 30.7 Å². The molecule has 5 nitrogen and oxygen atoms in total. The first kappa shape index (κ1) is 14.3. The summed E-state index contributed by atoms with van der Waals surface area (Å²) < 4.78 is 1.79. The minimum Gasteiger partial charge on any atom is -0.353 e. The lowest BCUT2D eigenvalue weighted by atomic mass is 10.2. The van der Waals surface area contributed by atoms with Gasteiger partial charge in [0.1, 0.15) is 6.54 Å². The highest BCUT2D eigenvalue weighted by molar-refractivity contribution is 5.82. The molecule has 1 aromatic carbocycles. The zero-order valence-electron chi connectivity index (χ0n) is 11.6. The lowest BCUT2D eigenvalue weighted by molar-refractivity contribution is -0.121. The number of likely N-dealkylation sites (N-methyl/N-ethyl adjacent to an activating group) is 1. The quantitative estimate of drug-likeness (QED) is 0.763. The third-order valence-corrected chi connectivity index (χ3v) is 3.07. The van der Waals surface area contributed by atoms with Crippen molar-refractivity contribution in [3.8, 4) is 0 Å². The van der Waals surface area contributed by atoms with Gasteiger partial charge in [-0.1, -0.05) is 19.1 Å². The molecule has 106 valence electrons. The fraction of sp³-hybridized carbons (Fsp3) is 0.333. The van der Waals surface area contributed by atoms with Crippen LogP contribution in [0.5, 0.6) is 0 Å². The van der Waals surface area contributed by atoms with Crippen molar-refractivity contribution in [3.05, 3.63) is 46.8 Å². The summed E-state index contributed by atoms with van der Waals surface area (Å²) in [4.78, 5) is 23.6. The number of carbonyl (C=O) groups excluding carboxylic acids is 1. The molecule has 0 spiro atoms. The molecule has 0 atom stereocenters. The van der Waals surface area contributed by atoms with E-state index in [2.05, 4.69) is 10.6 Å². The van der Waals surface area contributed by atoms with E-state index in [-0.39, 0.29) is 17.9 Å². The smallest absolute Gasteiger partial charge is 0.239 e. The number of carbonyl (C=O) groups is 1. The van der Waals surface area contributed by atoms with Crippen molar-refractivity contribution in [1.29, 1.82) is 0 Å². The fourth-order valence-corrected chi connectivity index (χ4v) is 2.08. The molecule has 2 N–H and O–H groups in total. The summed E-state index contributed by atoms with van der Waals surface area (Å²) >= 11 is 0. The number of pyridine rings is 1. The van der Waals surface area contributed by atoms with Gasteiger partial charge >= 0.3 is 0 Å². The number of nitrogens with one attached hydrogen (secondary N) is 2. The van der Waals surface area contributed by atoms with Crippen LogP contribution in [0.3, 0.4) is 0 Å². The number of benzene rings is 1. The SMILES string of the molecule is CCNCCNC(=O)Cn1ccc(=O)c2ccccc21. The molecule has 1 heterocycles. The highest BCUT2D eigenvalue weighted by atomic mass is 16.2. The number of para-hydroxylation sites is 1. The largest absolute Gasteiger partial charge is 0.353 e. The van der Waals surface area contributed by atoms with E-state index in [0.717, 1.165) is 18.6 Å². The third kappa shape index (κ3) is 3.45. The lowest BCUT2D eigenvalue weighted by Crippen LogP contribution is -2.34. The van der Waals surface area contributed by atoms with Crippen molar-refractivity contribution >= 4 is 16.8 Å². The Bertz CT molecular complexity index is 649. The van der Waals surface area contributed by atoms with E-state index < -0.39 is 0 Å². The summed E-state index contributed by atoms with van der Waals surface area (Å²) in [5.41, 5.74) is 0.756. The highest BCUT2D eigenvalue weighted by Gasteiger charge is 2.05. The maximum Gasteiger partial charge on any atom is 0.239 e. The molecule has 0 fully saturated rings. The van der Waals surface area contributed by atoms with Crippen LogP contribution < -0.4 is 16.1 Å². The first-order valence-corrected chi connectivity index (χ1v) is 6.78. The Morgan fingerprint density at radius 3 is 2.80 bits per heavy atom. The van der Waals surface area contributed by atoms with E-state index in [1.807, 2.05) is 25.1 Å². The van der Waals surface area contributed by atoms with E-state index in [4.69, 9.17) is 0 Å². The lowest BCUT2D eigenvalue weighted by Gasteiger charge is -2.11. The van der Waals surface area contributed by atoms with Crippen LogP contribution >= 0.6 is 0 Å². The van der Waals surface area contributed by atoms with E-state index >= 15 is 0 Å². The van der Waals surface area contributed by atoms with Gasteiger partial charge in [-0.25, -0.2) is 0 Å². The number of amides is 1. The number of hydrogen-bond donors (Lipinski definition) is 2.